The molecule has 0 spiro atoms. The third kappa shape index (κ3) is 12.9. The van der Waals surface area contributed by atoms with E-state index in [2.05, 4.69) is 5.32 Å². The van der Waals surface area contributed by atoms with Crippen molar-refractivity contribution in [1.29, 1.82) is 0 Å². The fourth-order valence-corrected chi connectivity index (χ4v) is 9.53. The maximum Gasteiger partial charge on any atom is 0.364 e. The number of aliphatic hydroxyl groups excluding tert-OH is 19. The maximum absolute atomic E-state index is 13.1. The topological polar surface area (TPSA) is 552 Å². The van der Waals surface area contributed by atoms with Crippen molar-refractivity contribution in [2.24, 2.45) is 0 Å². The lowest BCUT2D eigenvalue weighted by Crippen LogP contribution is -2.72. The van der Waals surface area contributed by atoms with E-state index in [9.17, 15) is 112 Å². The molecule has 34 heteroatoms. The van der Waals surface area contributed by atoms with Crippen LogP contribution in [0.5, 0.6) is 0 Å². The summed E-state index contributed by atoms with van der Waals surface area (Å²) < 4.78 is 63.1. The lowest BCUT2D eigenvalue weighted by atomic mass is 9.90. The average molecular weight is 1100 g/mol. The molecule has 6 saturated heterocycles. The molecule has 0 aromatic heterocycles. The van der Waals surface area contributed by atoms with Crippen molar-refractivity contribution in [2.75, 3.05) is 33.0 Å². The number of nitrogens with one attached hydrogen (secondary N) is 1. The van der Waals surface area contributed by atoms with E-state index in [0.717, 1.165) is 6.92 Å². The number of carbonyl (C=O) groups excluding carboxylic acids is 1. The number of aliphatic hydroxyl groups is 19. The molecular weight excluding hydrogens is 1030 g/mol. The standard InChI is InChI=1S/C41H69NO33/c1-9-18(51)23(56)26(59)37(65-9)72-31-17(42-10(2)48)36(73-32-21(54)13(5-44)67-38(27(32)60)70-29-15(7-46)66-35(62)25(58)24(29)57)69-16(8-47)30(31)71-39-28(61)34(22(55)14(6-45)68-39)75-41(40(63)64)3-11(49)19(52)33(74-41)20(53)12(50)4-43/h9,11-39,43-47,49-62H,3-8H2,1-2H3,(H,42,48)(H,63,64)/t9-,11-,12+,13+,14+,15+,16+,17+,18+,19+,20+,21-,22-,23+,24+,25+,26-,27+,28+,29+,30+,31+,32-,33+,34-,35?,36-,37-,38-,39-,41-/m0/s1. The predicted octanol–water partition coefficient (Wildman–Crippen LogP) is -13.7. The summed E-state index contributed by atoms with van der Waals surface area (Å²) in [4.78, 5) is 26.0. The monoisotopic (exact) mass is 1100 g/mol. The molecule has 6 aliphatic heterocycles. The molecule has 6 rings (SSSR count). The largest absolute Gasteiger partial charge is 0.477 e. The fraction of sp³-hybridized carbons (Fsp3) is 0.951. The molecular formula is C41H69NO33. The summed E-state index contributed by atoms with van der Waals surface area (Å²) in [5, 5.41) is 215. The quantitative estimate of drug-likeness (QED) is 0.0571. The highest BCUT2D eigenvalue weighted by molar-refractivity contribution is 5.76. The molecule has 0 bridgehead atoms. The van der Waals surface area contributed by atoms with Crippen LogP contribution < -0.4 is 5.32 Å². The van der Waals surface area contributed by atoms with Crippen LogP contribution in [0.1, 0.15) is 20.3 Å². The number of hydrogen-bond acceptors (Lipinski definition) is 32. The first kappa shape index (κ1) is 61.9. The van der Waals surface area contributed by atoms with Gasteiger partial charge in [0.1, 0.15) is 140 Å². The number of aliphatic carboxylic acids is 1. The van der Waals surface area contributed by atoms with Gasteiger partial charge in [0.2, 0.25) is 5.91 Å². The van der Waals surface area contributed by atoms with Gasteiger partial charge in [-0.3, -0.25) is 4.79 Å². The van der Waals surface area contributed by atoms with Crippen molar-refractivity contribution in [3.05, 3.63) is 0 Å². The van der Waals surface area contributed by atoms with Gasteiger partial charge in [0.15, 0.2) is 31.5 Å². The van der Waals surface area contributed by atoms with Crippen LogP contribution in [0.15, 0.2) is 0 Å². The molecule has 0 aromatic rings. The lowest BCUT2D eigenvalue weighted by molar-refractivity contribution is -0.401. The number of amides is 1. The first-order valence-corrected chi connectivity index (χ1v) is 23.6. The van der Waals surface area contributed by atoms with Crippen LogP contribution in [0, 0.1) is 0 Å². The molecule has 1 unspecified atom stereocenters. The minimum absolute atomic E-state index is 0.941. The summed E-state index contributed by atoms with van der Waals surface area (Å²) in [7, 11) is 0. The van der Waals surface area contributed by atoms with Crippen molar-refractivity contribution in [1.82, 2.24) is 5.32 Å². The highest BCUT2D eigenvalue weighted by Crippen LogP contribution is 2.40. The summed E-state index contributed by atoms with van der Waals surface area (Å²) in [6, 6.07) is -1.94. The van der Waals surface area contributed by atoms with E-state index < -0.39 is 241 Å². The molecule has 0 aliphatic carbocycles. The maximum atomic E-state index is 13.1. The summed E-state index contributed by atoms with van der Waals surface area (Å²) >= 11 is 0. The van der Waals surface area contributed by atoms with Crippen LogP contribution >= 0.6 is 0 Å². The van der Waals surface area contributed by atoms with Crippen molar-refractivity contribution >= 4 is 11.9 Å². The van der Waals surface area contributed by atoms with Crippen LogP contribution in [0.3, 0.4) is 0 Å². The Morgan fingerprint density at radius 2 is 1.04 bits per heavy atom. The van der Waals surface area contributed by atoms with Gasteiger partial charge in [-0.15, -0.1) is 0 Å². The third-order valence-electron chi connectivity index (χ3n) is 13.8. The lowest BCUT2D eigenvalue weighted by Gasteiger charge is -2.52. The zero-order chi connectivity index (χ0) is 55.7. The summed E-state index contributed by atoms with van der Waals surface area (Å²) in [5.74, 6) is -6.31. The number of rotatable bonds is 19. The highest BCUT2D eigenvalue weighted by Gasteiger charge is 2.61. The molecule has 21 N–H and O–H groups in total. The molecule has 436 valence electrons. The Labute approximate surface area is 423 Å². The summed E-state index contributed by atoms with van der Waals surface area (Å²) in [5.41, 5.74) is 0. The van der Waals surface area contributed by atoms with Crippen LogP contribution in [0.4, 0.5) is 0 Å². The van der Waals surface area contributed by atoms with Crippen molar-refractivity contribution in [3.63, 3.8) is 0 Å². The number of carboxylic acid groups (broad SMARTS) is 1. The van der Waals surface area contributed by atoms with Crippen LogP contribution in [0.25, 0.3) is 0 Å². The highest BCUT2D eigenvalue weighted by atomic mass is 16.8. The number of carboxylic acids is 1. The Morgan fingerprint density at radius 3 is 1.59 bits per heavy atom. The van der Waals surface area contributed by atoms with Gasteiger partial charge in [-0.25, -0.2) is 4.79 Å². The fourth-order valence-electron chi connectivity index (χ4n) is 9.53. The van der Waals surface area contributed by atoms with Crippen LogP contribution in [-0.2, 0) is 61.7 Å². The number of hydrogen-bond donors (Lipinski definition) is 21. The molecule has 1 amide bonds. The Balaban J connectivity index is 1.36. The van der Waals surface area contributed by atoms with E-state index >= 15 is 0 Å². The zero-order valence-corrected chi connectivity index (χ0v) is 39.8. The van der Waals surface area contributed by atoms with Gasteiger partial charge in [0, 0.05) is 13.3 Å². The molecule has 0 radical (unpaired) electrons. The van der Waals surface area contributed by atoms with E-state index in [1.54, 1.807) is 0 Å². The second-order valence-corrected chi connectivity index (χ2v) is 18.9. The van der Waals surface area contributed by atoms with Gasteiger partial charge in [-0.1, -0.05) is 0 Å². The van der Waals surface area contributed by atoms with Crippen LogP contribution in [-0.4, -0.2) is 337 Å². The van der Waals surface area contributed by atoms with E-state index in [1.807, 2.05) is 0 Å². The molecule has 31 atom stereocenters. The molecule has 0 saturated carbocycles. The molecule has 75 heavy (non-hydrogen) atoms. The van der Waals surface area contributed by atoms with Gasteiger partial charge in [-0.2, -0.15) is 0 Å². The number of ether oxygens (including phenoxy) is 11. The van der Waals surface area contributed by atoms with Gasteiger partial charge >= 0.3 is 5.97 Å². The normalized spacial score (nSPS) is 49.7. The van der Waals surface area contributed by atoms with Crippen molar-refractivity contribution in [2.45, 2.75) is 210 Å². The summed E-state index contributed by atoms with van der Waals surface area (Å²) in [6.07, 6.45) is -60.4. The smallest absolute Gasteiger partial charge is 0.364 e. The minimum Gasteiger partial charge on any atom is -0.477 e. The van der Waals surface area contributed by atoms with E-state index in [-0.39, 0.29) is 0 Å². The van der Waals surface area contributed by atoms with Gasteiger partial charge in [0.25, 0.3) is 5.79 Å². The van der Waals surface area contributed by atoms with Crippen molar-refractivity contribution < 1.29 is 164 Å². The third-order valence-corrected chi connectivity index (χ3v) is 13.8. The van der Waals surface area contributed by atoms with E-state index in [4.69, 9.17) is 52.1 Å². The van der Waals surface area contributed by atoms with Gasteiger partial charge < -0.3 is 160 Å². The molecule has 0 aromatic carbocycles. The number of carbonyl (C=O) groups is 2. The SMILES string of the molecule is CC(=O)N[C@H]1[C@H](O[C@H]2[C@@H](O)[C@@H](CO)O[C@@H](O[C@H]3[C@H](O)[C@@H](O)C(O)O[C@@H]3CO)[C@@H]2O)O[C@H](CO)[C@@H](O[C@@H]2O[C@H](CO)[C@H](O)[C@H](O[C@]3(C(=O)O)C[C@H](O)[C@@H](O)[C@H]([C@H](O)[C@H](O)CO)O3)[C@H]2O)[C@@H]1O[C@@H]1O[C@@H](C)[C@@H](O)[C@@H](O)[C@@H]1O. The molecule has 6 fully saturated rings. The predicted molar refractivity (Wildman–Crippen MR) is 227 cm³/mol. The van der Waals surface area contributed by atoms with Gasteiger partial charge in [0.05, 0.1) is 45.2 Å². The Kier molecular flexibility index (Phi) is 21.4. The molecule has 34 nitrogen and oxygen atoms in total. The Morgan fingerprint density at radius 1 is 0.547 bits per heavy atom. The average Bonchev–Trinajstić information content (AvgIpc) is 3.37. The van der Waals surface area contributed by atoms with E-state index in [1.165, 1.54) is 6.92 Å². The Bertz CT molecular complexity index is 1830. The second kappa shape index (κ2) is 25.9. The first-order chi connectivity index (χ1) is 35.3. The van der Waals surface area contributed by atoms with Crippen LogP contribution in [0.2, 0.25) is 0 Å². The molecule has 6 aliphatic rings. The van der Waals surface area contributed by atoms with Gasteiger partial charge in [-0.05, 0) is 6.92 Å². The molecule has 6 heterocycles. The first-order valence-electron chi connectivity index (χ1n) is 23.6. The summed E-state index contributed by atoms with van der Waals surface area (Å²) in [6.45, 7) is -3.30. The van der Waals surface area contributed by atoms with Crippen molar-refractivity contribution in [3.8, 4) is 0 Å². The Hall–Kier alpha value is -2.26. The minimum atomic E-state index is -3.24. The van der Waals surface area contributed by atoms with E-state index in [0.29, 0.717) is 0 Å². The zero-order valence-electron chi connectivity index (χ0n) is 39.8. The second-order valence-electron chi connectivity index (χ2n) is 18.9.